The van der Waals surface area contributed by atoms with E-state index in [2.05, 4.69) is 44.2 Å². The fraction of sp³-hybridized carbons (Fsp3) is 0.353. The van der Waals surface area contributed by atoms with E-state index < -0.39 is 0 Å². The minimum Gasteiger partial charge on any atom is -0.299 e. The van der Waals surface area contributed by atoms with Gasteiger partial charge in [-0.15, -0.1) is 0 Å². The Labute approximate surface area is 108 Å². The van der Waals surface area contributed by atoms with Crippen LogP contribution < -0.4 is 0 Å². The largest absolute Gasteiger partial charge is 0.299 e. The van der Waals surface area contributed by atoms with Crippen LogP contribution in [0.2, 0.25) is 0 Å². The van der Waals surface area contributed by atoms with E-state index in [0.29, 0.717) is 12.2 Å². The average Bonchev–Trinajstić information content (AvgIpc) is 2.98. The van der Waals surface area contributed by atoms with E-state index in [1.807, 2.05) is 12.1 Å². The lowest BCUT2D eigenvalue weighted by Crippen LogP contribution is -2.09. The lowest BCUT2D eigenvalue weighted by atomic mass is 9.99. The van der Waals surface area contributed by atoms with Gasteiger partial charge in [0, 0.05) is 12.3 Å². The molecule has 18 heavy (non-hydrogen) atoms. The van der Waals surface area contributed by atoms with Crippen molar-refractivity contribution in [1.29, 1.82) is 0 Å². The summed E-state index contributed by atoms with van der Waals surface area (Å²) in [4.78, 5) is 12.1. The molecule has 3 rings (SSSR count). The number of carbonyl (C=O) groups excluding carboxylic acids is 1. The second kappa shape index (κ2) is 3.94. The van der Waals surface area contributed by atoms with Crippen LogP contribution in [-0.2, 0) is 11.2 Å². The summed E-state index contributed by atoms with van der Waals surface area (Å²) in [6, 6.07) is 14.6. The number of fused-ring (bicyclic) bond motifs is 1. The van der Waals surface area contributed by atoms with Gasteiger partial charge in [0.05, 0.1) is 0 Å². The van der Waals surface area contributed by atoms with Crippen molar-refractivity contribution in [3.05, 3.63) is 48.0 Å². The van der Waals surface area contributed by atoms with Crippen molar-refractivity contribution < 1.29 is 4.79 Å². The molecule has 92 valence electrons. The first kappa shape index (κ1) is 11.5. The molecule has 0 heterocycles. The fourth-order valence-corrected chi connectivity index (χ4v) is 2.69. The molecule has 0 N–H and O–H groups in total. The molecule has 1 atom stereocenters. The molecule has 0 bridgehead atoms. The van der Waals surface area contributed by atoms with E-state index in [4.69, 9.17) is 0 Å². The smallest absolute Gasteiger partial charge is 0.140 e. The Morgan fingerprint density at radius 2 is 1.83 bits per heavy atom. The third-order valence-corrected chi connectivity index (χ3v) is 4.09. The summed E-state index contributed by atoms with van der Waals surface area (Å²) < 4.78 is 0. The van der Waals surface area contributed by atoms with E-state index >= 15 is 0 Å². The van der Waals surface area contributed by atoms with Gasteiger partial charge in [0.15, 0.2) is 0 Å². The molecule has 0 radical (unpaired) electrons. The van der Waals surface area contributed by atoms with Crippen LogP contribution in [0.25, 0.3) is 10.8 Å². The van der Waals surface area contributed by atoms with E-state index in [1.165, 1.54) is 10.8 Å². The van der Waals surface area contributed by atoms with Crippen LogP contribution in [0.3, 0.4) is 0 Å². The molecule has 1 aliphatic carbocycles. The van der Waals surface area contributed by atoms with Crippen molar-refractivity contribution in [2.45, 2.75) is 26.7 Å². The van der Waals surface area contributed by atoms with Crippen molar-refractivity contribution in [2.24, 2.45) is 11.3 Å². The second-order valence-corrected chi connectivity index (χ2v) is 6.07. The molecule has 2 aromatic rings. The van der Waals surface area contributed by atoms with Crippen molar-refractivity contribution in [3.8, 4) is 0 Å². The topological polar surface area (TPSA) is 17.1 Å². The van der Waals surface area contributed by atoms with Crippen LogP contribution in [-0.4, -0.2) is 5.78 Å². The van der Waals surface area contributed by atoms with Gasteiger partial charge in [-0.25, -0.2) is 0 Å². The summed E-state index contributed by atoms with van der Waals surface area (Å²) in [6.07, 6.45) is 1.64. The summed E-state index contributed by atoms with van der Waals surface area (Å²) in [7, 11) is 0. The van der Waals surface area contributed by atoms with Crippen molar-refractivity contribution in [1.82, 2.24) is 0 Å². The molecule has 0 amide bonds. The Kier molecular flexibility index (Phi) is 2.51. The molecule has 2 aromatic carbocycles. The highest BCUT2D eigenvalue weighted by molar-refractivity contribution is 5.88. The lowest BCUT2D eigenvalue weighted by Gasteiger charge is -2.05. The zero-order valence-corrected chi connectivity index (χ0v) is 10.9. The number of benzene rings is 2. The molecule has 0 spiro atoms. The fourth-order valence-electron chi connectivity index (χ4n) is 2.69. The quantitative estimate of drug-likeness (QED) is 0.790. The van der Waals surface area contributed by atoms with Gasteiger partial charge in [-0.1, -0.05) is 56.3 Å². The standard InChI is InChI=1S/C17H18O/c1-17(2)11-15(17)16(18)10-12-7-8-13-5-3-4-6-14(13)9-12/h3-9,15H,10-11H2,1-2H3. The molecule has 1 unspecified atom stereocenters. The van der Waals surface area contributed by atoms with E-state index in [0.717, 1.165) is 12.0 Å². The van der Waals surface area contributed by atoms with Gasteiger partial charge in [-0.3, -0.25) is 4.79 Å². The van der Waals surface area contributed by atoms with Crippen LogP contribution in [0.1, 0.15) is 25.8 Å². The molecular weight excluding hydrogens is 220 g/mol. The maximum atomic E-state index is 12.1. The molecule has 1 heteroatoms. The molecule has 0 aliphatic heterocycles. The summed E-state index contributed by atoms with van der Waals surface area (Å²) in [5, 5.41) is 2.46. The van der Waals surface area contributed by atoms with Crippen LogP contribution in [0, 0.1) is 11.3 Å². The third-order valence-electron chi connectivity index (χ3n) is 4.09. The van der Waals surface area contributed by atoms with Gasteiger partial charge in [-0.2, -0.15) is 0 Å². The number of rotatable bonds is 3. The Morgan fingerprint density at radius 3 is 2.50 bits per heavy atom. The zero-order chi connectivity index (χ0) is 12.8. The van der Waals surface area contributed by atoms with Gasteiger partial charge in [0.2, 0.25) is 0 Å². The normalized spacial score (nSPS) is 20.9. The van der Waals surface area contributed by atoms with Crippen molar-refractivity contribution in [2.75, 3.05) is 0 Å². The van der Waals surface area contributed by atoms with E-state index in [-0.39, 0.29) is 11.3 Å². The molecule has 1 nitrogen and oxygen atoms in total. The van der Waals surface area contributed by atoms with Crippen LogP contribution in [0.4, 0.5) is 0 Å². The summed E-state index contributed by atoms with van der Waals surface area (Å²) in [6.45, 7) is 4.35. The first-order chi connectivity index (χ1) is 8.56. The van der Waals surface area contributed by atoms with Gasteiger partial charge < -0.3 is 0 Å². The zero-order valence-electron chi connectivity index (χ0n) is 10.9. The summed E-state index contributed by atoms with van der Waals surface area (Å²) in [5.41, 5.74) is 1.38. The molecule has 1 fully saturated rings. The molecular formula is C17H18O. The predicted octanol–water partition coefficient (Wildman–Crippen LogP) is 4.00. The number of ketones is 1. The summed E-state index contributed by atoms with van der Waals surface area (Å²) >= 11 is 0. The second-order valence-electron chi connectivity index (χ2n) is 6.07. The molecule has 0 aromatic heterocycles. The molecule has 1 saturated carbocycles. The van der Waals surface area contributed by atoms with Crippen molar-refractivity contribution >= 4 is 16.6 Å². The highest BCUT2D eigenvalue weighted by Gasteiger charge is 2.49. The monoisotopic (exact) mass is 238 g/mol. The highest BCUT2D eigenvalue weighted by Crippen LogP contribution is 2.52. The Bertz CT molecular complexity index is 610. The maximum absolute atomic E-state index is 12.1. The van der Waals surface area contributed by atoms with Gasteiger partial charge in [0.25, 0.3) is 0 Å². The number of Topliss-reactive ketones (excluding diaryl/α,β-unsaturated/α-hetero) is 1. The Morgan fingerprint density at radius 1 is 1.17 bits per heavy atom. The Hall–Kier alpha value is -1.63. The first-order valence-corrected chi connectivity index (χ1v) is 6.57. The van der Waals surface area contributed by atoms with Gasteiger partial charge in [0.1, 0.15) is 5.78 Å². The van der Waals surface area contributed by atoms with Gasteiger partial charge >= 0.3 is 0 Å². The number of hydrogen-bond acceptors (Lipinski definition) is 1. The average molecular weight is 238 g/mol. The lowest BCUT2D eigenvalue weighted by molar-refractivity contribution is -0.120. The first-order valence-electron chi connectivity index (χ1n) is 6.57. The van der Waals surface area contributed by atoms with Crippen LogP contribution >= 0.6 is 0 Å². The van der Waals surface area contributed by atoms with Gasteiger partial charge in [-0.05, 0) is 28.2 Å². The van der Waals surface area contributed by atoms with Crippen molar-refractivity contribution in [3.63, 3.8) is 0 Å². The minimum absolute atomic E-state index is 0.244. The number of carbonyl (C=O) groups is 1. The molecule has 1 aliphatic rings. The SMILES string of the molecule is CC1(C)CC1C(=O)Cc1ccc2ccccc2c1. The third kappa shape index (κ3) is 2.05. The number of hydrogen-bond donors (Lipinski definition) is 0. The maximum Gasteiger partial charge on any atom is 0.140 e. The van der Waals surface area contributed by atoms with E-state index in [9.17, 15) is 4.79 Å². The van der Waals surface area contributed by atoms with Crippen LogP contribution in [0.15, 0.2) is 42.5 Å². The molecule has 0 saturated heterocycles. The minimum atomic E-state index is 0.244. The highest BCUT2D eigenvalue weighted by atomic mass is 16.1. The Balaban J connectivity index is 1.81. The van der Waals surface area contributed by atoms with Crippen LogP contribution in [0.5, 0.6) is 0 Å². The summed E-state index contributed by atoms with van der Waals surface area (Å²) in [5.74, 6) is 0.680. The van der Waals surface area contributed by atoms with E-state index in [1.54, 1.807) is 0 Å². The predicted molar refractivity (Wildman–Crippen MR) is 74.5 cm³/mol.